The van der Waals surface area contributed by atoms with Crippen molar-refractivity contribution in [1.29, 1.82) is 0 Å². The summed E-state index contributed by atoms with van der Waals surface area (Å²) in [4.78, 5) is 0.198. The van der Waals surface area contributed by atoms with Crippen LogP contribution in [0, 0.1) is 0 Å². The molecule has 0 saturated carbocycles. The highest BCUT2D eigenvalue weighted by molar-refractivity contribution is 7.92. The molecule has 0 spiro atoms. The van der Waals surface area contributed by atoms with Gasteiger partial charge in [0.05, 0.1) is 4.90 Å². The summed E-state index contributed by atoms with van der Waals surface area (Å²) in [5.41, 5.74) is 1.05. The highest BCUT2D eigenvalue weighted by Crippen LogP contribution is 2.24. The Morgan fingerprint density at radius 1 is 1.00 bits per heavy atom. The van der Waals surface area contributed by atoms with Crippen LogP contribution in [0.3, 0.4) is 0 Å². The summed E-state index contributed by atoms with van der Waals surface area (Å²) < 4.78 is 27.4. The van der Waals surface area contributed by atoms with Crippen LogP contribution in [0.4, 0.5) is 11.6 Å². The van der Waals surface area contributed by atoms with Gasteiger partial charge in [-0.15, -0.1) is 10.2 Å². The Morgan fingerprint density at radius 2 is 1.56 bits per heavy atom. The van der Waals surface area contributed by atoms with Gasteiger partial charge in [-0.25, -0.2) is 8.42 Å². The molecule has 0 radical (unpaired) electrons. The molecule has 1 aromatic carbocycles. The topological polar surface area (TPSA) is 84.0 Å². The molecule has 136 valence electrons. The van der Waals surface area contributed by atoms with E-state index in [0.717, 1.165) is 12.0 Å². The van der Waals surface area contributed by atoms with Crippen molar-refractivity contribution in [3.63, 3.8) is 0 Å². The first-order valence-corrected chi connectivity index (χ1v) is 9.84. The second-order valence-corrected chi connectivity index (χ2v) is 8.82. The smallest absolute Gasteiger partial charge is 0.263 e. The van der Waals surface area contributed by atoms with E-state index in [4.69, 9.17) is 0 Å². The van der Waals surface area contributed by atoms with Crippen LogP contribution in [-0.2, 0) is 15.4 Å². The van der Waals surface area contributed by atoms with Crippen LogP contribution in [0.5, 0.6) is 0 Å². The number of aromatic nitrogens is 2. The third-order valence-corrected chi connectivity index (χ3v) is 5.31. The third-order valence-electron chi connectivity index (χ3n) is 3.94. The van der Waals surface area contributed by atoms with Crippen molar-refractivity contribution in [2.24, 2.45) is 0 Å². The van der Waals surface area contributed by atoms with Crippen molar-refractivity contribution in [2.45, 2.75) is 57.4 Å². The van der Waals surface area contributed by atoms with E-state index in [2.05, 4.69) is 47.9 Å². The Morgan fingerprint density at radius 3 is 2.04 bits per heavy atom. The van der Waals surface area contributed by atoms with E-state index in [0.29, 0.717) is 5.82 Å². The molecular weight excluding hydrogens is 336 g/mol. The largest absolute Gasteiger partial charge is 0.366 e. The van der Waals surface area contributed by atoms with Gasteiger partial charge in [0, 0.05) is 6.04 Å². The molecule has 7 heteroatoms. The van der Waals surface area contributed by atoms with E-state index in [1.807, 2.05) is 19.1 Å². The van der Waals surface area contributed by atoms with Gasteiger partial charge in [-0.3, -0.25) is 4.72 Å². The van der Waals surface area contributed by atoms with E-state index in [-0.39, 0.29) is 22.2 Å². The van der Waals surface area contributed by atoms with Crippen molar-refractivity contribution < 1.29 is 8.42 Å². The Balaban J connectivity index is 2.13. The second kappa shape index (κ2) is 7.39. The van der Waals surface area contributed by atoms with Crippen molar-refractivity contribution in [3.8, 4) is 0 Å². The number of hydrogen-bond donors (Lipinski definition) is 2. The Labute approximate surface area is 150 Å². The molecule has 2 aromatic rings. The van der Waals surface area contributed by atoms with Crippen molar-refractivity contribution in [2.75, 3.05) is 10.0 Å². The zero-order chi connectivity index (χ0) is 18.7. The Bertz CT molecular complexity index is 794. The molecule has 25 heavy (non-hydrogen) atoms. The number of anilines is 2. The number of rotatable bonds is 6. The average molecular weight is 362 g/mol. The fourth-order valence-electron chi connectivity index (χ4n) is 2.15. The molecule has 0 aliphatic rings. The van der Waals surface area contributed by atoms with E-state index < -0.39 is 10.0 Å². The molecule has 2 rings (SSSR count). The predicted molar refractivity (Wildman–Crippen MR) is 101 cm³/mol. The minimum absolute atomic E-state index is 0.0281. The molecule has 0 bridgehead atoms. The Hall–Kier alpha value is -2.15. The van der Waals surface area contributed by atoms with Gasteiger partial charge in [0.1, 0.15) is 5.82 Å². The molecule has 1 unspecified atom stereocenters. The standard InChI is InChI=1S/C18H26N4O2S/c1-6-13(2)19-16-11-12-17(21-20-16)22-25(23,24)15-9-7-14(8-10-15)18(3,4)5/h7-13H,6H2,1-5H3,(H,19,20)(H,21,22). The molecule has 6 nitrogen and oxygen atoms in total. The van der Waals surface area contributed by atoms with Gasteiger partial charge in [-0.05, 0) is 48.6 Å². The molecule has 0 amide bonds. The zero-order valence-corrected chi connectivity index (χ0v) is 16.2. The molecule has 1 heterocycles. The quantitative estimate of drug-likeness (QED) is 0.817. The van der Waals surface area contributed by atoms with E-state index in [1.54, 1.807) is 24.3 Å². The van der Waals surface area contributed by atoms with Crippen molar-refractivity contribution >= 4 is 21.7 Å². The summed E-state index contributed by atoms with van der Waals surface area (Å²) >= 11 is 0. The van der Waals surface area contributed by atoms with Crippen LogP contribution in [0.2, 0.25) is 0 Å². The summed E-state index contributed by atoms with van der Waals surface area (Å²) in [6, 6.07) is 10.5. The third kappa shape index (κ3) is 5.16. The summed E-state index contributed by atoms with van der Waals surface area (Å²) in [6.45, 7) is 10.4. The first kappa shape index (κ1) is 19.2. The molecule has 0 fully saturated rings. The molecule has 0 aliphatic carbocycles. The minimum Gasteiger partial charge on any atom is -0.366 e. The van der Waals surface area contributed by atoms with Gasteiger partial charge in [0.15, 0.2) is 5.82 Å². The molecule has 1 aromatic heterocycles. The maximum atomic E-state index is 12.5. The van der Waals surface area contributed by atoms with Gasteiger partial charge in [-0.1, -0.05) is 39.8 Å². The lowest BCUT2D eigenvalue weighted by Gasteiger charge is -2.19. The molecule has 0 aliphatic heterocycles. The predicted octanol–water partition coefficient (Wildman–Crippen LogP) is 3.79. The van der Waals surface area contributed by atoms with E-state index in [1.165, 1.54) is 0 Å². The van der Waals surface area contributed by atoms with Gasteiger partial charge in [0.25, 0.3) is 10.0 Å². The van der Waals surface area contributed by atoms with Crippen LogP contribution < -0.4 is 10.0 Å². The van der Waals surface area contributed by atoms with Crippen LogP contribution in [0.25, 0.3) is 0 Å². The van der Waals surface area contributed by atoms with Crippen LogP contribution in [-0.4, -0.2) is 24.7 Å². The van der Waals surface area contributed by atoms with E-state index in [9.17, 15) is 8.42 Å². The van der Waals surface area contributed by atoms with Crippen LogP contribution >= 0.6 is 0 Å². The van der Waals surface area contributed by atoms with Gasteiger partial charge in [0.2, 0.25) is 0 Å². The van der Waals surface area contributed by atoms with Gasteiger partial charge in [-0.2, -0.15) is 0 Å². The minimum atomic E-state index is -3.69. The normalized spacial score (nSPS) is 13.3. The number of sulfonamides is 1. The van der Waals surface area contributed by atoms with Gasteiger partial charge >= 0.3 is 0 Å². The lowest BCUT2D eigenvalue weighted by atomic mass is 9.87. The SMILES string of the molecule is CCC(C)Nc1ccc(NS(=O)(=O)c2ccc(C(C)(C)C)cc2)nn1. The fraction of sp³-hybridized carbons (Fsp3) is 0.444. The second-order valence-electron chi connectivity index (χ2n) is 7.14. The van der Waals surface area contributed by atoms with Gasteiger partial charge < -0.3 is 5.32 Å². The monoisotopic (exact) mass is 362 g/mol. The van der Waals surface area contributed by atoms with Crippen molar-refractivity contribution in [3.05, 3.63) is 42.0 Å². The highest BCUT2D eigenvalue weighted by Gasteiger charge is 2.18. The maximum absolute atomic E-state index is 12.5. The molecule has 2 N–H and O–H groups in total. The maximum Gasteiger partial charge on any atom is 0.263 e. The number of nitrogens with zero attached hydrogens (tertiary/aromatic N) is 2. The first-order chi connectivity index (χ1) is 11.6. The molecule has 1 atom stereocenters. The highest BCUT2D eigenvalue weighted by atomic mass is 32.2. The van der Waals surface area contributed by atoms with Crippen LogP contribution in [0.15, 0.2) is 41.3 Å². The van der Waals surface area contributed by atoms with E-state index >= 15 is 0 Å². The van der Waals surface area contributed by atoms with Crippen LogP contribution in [0.1, 0.15) is 46.6 Å². The average Bonchev–Trinajstić information content (AvgIpc) is 2.55. The number of benzene rings is 1. The first-order valence-electron chi connectivity index (χ1n) is 8.35. The number of nitrogens with one attached hydrogen (secondary N) is 2. The number of hydrogen-bond acceptors (Lipinski definition) is 5. The Kier molecular flexibility index (Phi) is 5.67. The lowest BCUT2D eigenvalue weighted by molar-refractivity contribution is 0.587. The lowest BCUT2D eigenvalue weighted by Crippen LogP contribution is -2.17. The summed E-state index contributed by atoms with van der Waals surface area (Å²) in [5, 5.41) is 11.1. The van der Waals surface area contributed by atoms with Crippen molar-refractivity contribution in [1.82, 2.24) is 10.2 Å². The molecule has 0 saturated heterocycles. The summed E-state index contributed by atoms with van der Waals surface area (Å²) in [6.07, 6.45) is 0.959. The fourth-order valence-corrected chi connectivity index (χ4v) is 3.15. The molecular formula is C18H26N4O2S. The zero-order valence-electron chi connectivity index (χ0n) is 15.4. The summed E-state index contributed by atoms with van der Waals surface area (Å²) in [7, 11) is -3.69. The summed E-state index contributed by atoms with van der Waals surface area (Å²) in [5.74, 6) is 0.807.